The number of hydrogen-bond donors (Lipinski definition) is 1. The van der Waals surface area contributed by atoms with Crippen molar-refractivity contribution in [2.75, 3.05) is 19.6 Å². The Bertz CT molecular complexity index is 1280. The van der Waals surface area contributed by atoms with Crippen LogP contribution in [-0.4, -0.2) is 54.2 Å². The smallest absolute Gasteiger partial charge is 0.302 e. The first-order valence-corrected chi connectivity index (χ1v) is 17.0. The molecule has 8 atom stereocenters. The van der Waals surface area contributed by atoms with E-state index in [2.05, 4.69) is 53.8 Å². The lowest BCUT2D eigenvalue weighted by Gasteiger charge is -2.72. The van der Waals surface area contributed by atoms with Crippen LogP contribution >= 0.6 is 0 Å². The maximum Gasteiger partial charge on any atom is 0.302 e. The topological polar surface area (TPSA) is 92.8 Å². The number of carbonyl (C=O) groups excluding carboxylic acids is 4. The molecule has 1 aliphatic heterocycles. The Hall–Kier alpha value is -2.18. The molecule has 0 bridgehead atoms. The van der Waals surface area contributed by atoms with Crippen LogP contribution in [0, 0.1) is 50.7 Å². The molecular formula is C36H54N2O5. The SMILES string of the molecule is CC(=O)O[C@H]1CC[C@@]2(C)C(CC[C@]3(C)C2CC[C@@H]2C4=C(C(C)C)C(=O)C[C@]4(C(=O)N4CCNC(=O)C4)CC[C@]23C)C1(C)C. The molecule has 2 amide bonds. The highest BCUT2D eigenvalue weighted by Crippen LogP contribution is 2.76. The van der Waals surface area contributed by atoms with Gasteiger partial charge in [-0.15, -0.1) is 0 Å². The van der Waals surface area contributed by atoms with E-state index in [1.165, 1.54) is 6.92 Å². The summed E-state index contributed by atoms with van der Waals surface area (Å²) in [6, 6.07) is 0. The van der Waals surface area contributed by atoms with E-state index in [0.29, 0.717) is 31.3 Å². The lowest BCUT2D eigenvalue weighted by Crippen LogP contribution is -2.66. The van der Waals surface area contributed by atoms with E-state index in [-0.39, 0.29) is 76.1 Å². The number of rotatable bonds is 3. The van der Waals surface area contributed by atoms with Crippen molar-refractivity contribution >= 4 is 23.6 Å². The number of esters is 1. The summed E-state index contributed by atoms with van der Waals surface area (Å²) in [5, 5.41) is 2.86. The van der Waals surface area contributed by atoms with Gasteiger partial charge in [-0.2, -0.15) is 0 Å². The predicted molar refractivity (Wildman–Crippen MR) is 165 cm³/mol. The van der Waals surface area contributed by atoms with Gasteiger partial charge in [-0.25, -0.2) is 0 Å². The van der Waals surface area contributed by atoms with Gasteiger partial charge in [-0.1, -0.05) is 48.5 Å². The zero-order chi connectivity index (χ0) is 31.3. The zero-order valence-electron chi connectivity index (χ0n) is 27.9. The van der Waals surface area contributed by atoms with Crippen LogP contribution in [0.1, 0.15) is 113 Å². The number of amides is 2. The van der Waals surface area contributed by atoms with E-state index in [1.807, 2.05) is 0 Å². The Morgan fingerprint density at radius 1 is 0.907 bits per heavy atom. The first kappa shape index (κ1) is 30.8. The number of fused-ring (bicyclic) bond motifs is 7. The number of nitrogens with zero attached hydrogens (tertiary/aromatic N) is 1. The van der Waals surface area contributed by atoms with E-state index in [0.717, 1.165) is 56.1 Å². The second-order valence-corrected chi connectivity index (χ2v) is 16.8. The summed E-state index contributed by atoms with van der Waals surface area (Å²) in [5.41, 5.74) is 1.38. The Kier molecular flexibility index (Phi) is 7.10. The standard InChI is InChI=1S/C36H54N2O5/c1-21(2)29-24(40)19-36(31(42)38-18-17-37-28(41)20-38)16-15-34(7)23(30(29)36)9-10-26-33(6)13-12-27(43-22(3)39)32(4,5)25(33)11-14-35(26,34)8/h21,23,25-27H,9-20H2,1-8H3,(H,37,41)/t23-,25?,26?,27+,33+,34-,35-,36-/m1/s1. The molecule has 5 aliphatic carbocycles. The normalized spacial score (nSPS) is 43.8. The Morgan fingerprint density at radius 2 is 1.63 bits per heavy atom. The molecule has 238 valence electrons. The Labute approximate surface area is 258 Å². The second-order valence-electron chi connectivity index (χ2n) is 16.8. The Morgan fingerprint density at radius 3 is 2.28 bits per heavy atom. The number of carbonyl (C=O) groups is 4. The molecule has 1 heterocycles. The second kappa shape index (κ2) is 9.91. The number of allylic oxidation sites excluding steroid dienone is 1. The van der Waals surface area contributed by atoms with Crippen LogP contribution in [0.5, 0.6) is 0 Å². The number of piperazine rings is 1. The van der Waals surface area contributed by atoms with Crippen molar-refractivity contribution in [3.05, 3.63) is 11.1 Å². The van der Waals surface area contributed by atoms with Crippen LogP contribution < -0.4 is 5.32 Å². The summed E-state index contributed by atoms with van der Waals surface area (Å²) >= 11 is 0. The molecule has 7 heteroatoms. The molecule has 6 aliphatic rings. The molecule has 7 nitrogen and oxygen atoms in total. The first-order chi connectivity index (χ1) is 20.0. The molecule has 5 fully saturated rings. The lowest BCUT2D eigenvalue weighted by atomic mass is 9.33. The van der Waals surface area contributed by atoms with Crippen LogP contribution in [-0.2, 0) is 23.9 Å². The van der Waals surface area contributed by atoms with Crippen LogP contribution in [0.2, 0.25) is 0 Å². The molecule has 43 heavy (non-hydrogen) atoms. The summed E-state index contributed by atoms with van der Waals surface area (Å²) < 4.78 is 5.91. The van der Waals surface area contributed by atoms with Crippen molar-refractivity contribution in [3.63, 3.8) is 0 Å². The van der Waals surface area contributed by atoms with Gasteiger partial charge < -0.3 is 15.0 Å². The number of hydrogen-bond acceptors (Lipinski definition) is 5. The van der Waals surface area contributed by atoms with Gasteiger partial charge in [0.05, 0.1) is 12.0 Å². The van der Waals surface area contributed by atoms with Crippen molar-refractivity contribution in [3.8, 4) is 0 Å². The number of ketones is 1. The molecule has 1 N–H and O–H groups in total. The van der Waals surface area contributed by atoms with Crippen LogP contribution in [0.4, 0.5) is 0 Å². The summed E-state index contributed by atoms with van der Waals surface area (Å²) in [4.78, 5) is 54.4. The van der Waals surface area contributed by atoms with E-state index < -0.39 is 5.41 Å². The predicted octanol–water partition coefficient (Wildman–Crippen LogP) is 5.86. The monoisotopic (exact) mass is 594 g/mol. The third-order valence-electron chi connectivity index (χ3n) is 14.4. The largest absolute Gasteiger partial charge is 0.462 e. The van der Waals surface area contributed by atoms with E-state index in [9.17, 15) is 19.2 Å². The minimum absolute atomic E-state index is 0.0110. The zero-order valence-corrected chi connectivity index (χ0v) is 27.9. The highest BCUT2D eigenvalue weighted by atomic mass is 16.5. The molecule has 0 aromatic carbocycles. The van der Waals surface area contributed by atoms with Gasteiger partial charge in [-0.3, -0.25) is 19.2 Å². The van der Waals surface area contributed by atoms with E-state index >= 15 is 0 Å². The fraction of sp³-hybridized carbons (Fsp3) is 0.833. The molecule has 1 saturated heterocycles. The highest BCUT2D eigenvalue weighted by Gasteiger charge is 2.71. The lowest BCUT2D eigenvalue weighted by molar-refractivity contribution is -0.232. The molecule has 6 rings (SSSR count). The van der Waals surface area contributed by atoms with Crippen molar-refractivity contribution in [1.82, 2.24) is 10.2 Å². The van der Waals surface area contributed by atoms with Gasteiger partial charge in [0.1, 0.15) is 6.10 Å². The minimum atomic E-state index is -0.799. The molecule has 0 spiro atoms. The van der Waals surface area contributed by atoms with Crippen molar-refractivity contribution in [2.24, 2.45) is 50.7 Å². The maximum absolute atomic E-state index is 14.5. The third kappa shape index (κ3) is 4.10. The molecule has 2 unspecified atom stereocenters. The van der Waals surface area contributed by atoms with Crippen molar-refractivity contribution < 1.29 is 23.9 Å². The van der Waals surface area contributed by atoms with Crippen LogP contribution in [0.25, 0.3) is 0 Å². The first-order valence-electron chi connectivity index (χ1n) is 17.0. The van der Waals surface area contributed by atoms with Gasteiger partial charge >= 0.3 is 5.97 Å². The van der Waals surface area contributed by atoms with E-state index in [1.54, 1.807) is 4.90 Å². The maximum atomic E-state index is 14.5. The quantitative estimate of drug-likeness (QED) is 0.414. The van der Waals surface area contributed by atoms with Gasteiger partial charge in [0.15, 0.2) is 5.78 Å². The number of nitrogens with one attached hydrogen (secondary N) is 1. The Balaban J connectivity index is 1.39. The van der Waals surface area contributed by atoms with Crippen molar-refractivity contribution in [1.29, 1.82) is 0 Å². The third-order valence-corrected chi connectivity index (χ3v) is 14.4. The van der Waals surface area contributed by atoms with E-state index in [4.69, 9.17) is 4.74 Å². The summed E-state index contributed by atoms with van der Waals surface area (Å²) in [5.74, 6) is 1.14. The fourth-order valence-electron chi connectivity index (χ4n) is 12.4. The van der Waals surface area contributed by atoms with Gasteiger partial charge in [0, 0.05) is 31.8 Å². The minimum Gasteiger partial charge on any atom is -0.462 e. The average molecular weight is 595 g/mol. The summed E-state index contributed by atoms with van der Waals surface area (Å²) in [7, 11) is 0. The molecule has 0 aromatic heterocycles. The number of Topliss-reactive ketones (excluding diaryl/α,β-unsaturated/α-hetero) is 1. The molecule has 0 aromatic rings. The number of ether oxygens (including phenoxy) is 1. The fourth-order valence-corrected chi connectivity index (χ4v) is 12.4. The highest BCUT2D eigenvalue weighted by molar-refractivity contribution is 6.07. The van der Waals surface area contributed by atoms with Crippen LogP contribution in [0.3, 0.4) is 0 Å². The molecule has 0 radical (unpaired) electrons. The average Bonchev–Trinajstić information content (AvgIpc) is 3.23. The molecular weight excluding hydrogens is 540 g/mol. The summed E-state index contributed by atoms with van der Waals surface area (Å²) in [6.45, 7) is 19.1. The van der Waals surface area contributed by atoms with Gasteiger partial charge in [0.25, 0.3) is 0 Å². The van der Waals surface area contributed by atoms with Gasteiger partial charge in [-0.05, 0) is 102 Å². The van der Waals surface area contributed by atoms with Crippen molar-refractivity contribution in [2.45, 2.75) is 119 Å². The van der Waals surface area contributed by atoms with Gasteiger partial charge in [0.2, 0.25) is 11.8 Å². The van der Waals surface area contributed by atoms with Crippen LogP contribution in [0.15, 0.2) is 11.1 Å². The molecule has 4 saturated carbocycles. The summed E-state index contributed by atoms with van der Waals surface area (Å²) in [6.07, 6.45) is 8.15.